The van der Waals surface area contributed by atoms with Crippen LogP contribution >= 0.6 is 0 Å². The van der Waals surface area contributed by atoms with Crippen molar-refractivity contribution in [1.29, 1.82) is 5.53 Å². The van der Waals surface area contributed by atoms with Crippen molar-refractivity contribution in [3.05, 3.63) is 63.2 Å². The first-order valence-corrected chi connectivity index (χ1v) is 12.4. The van der Waals surface area contributed by atoms with Crippen LogP contribution < -0.4 is 0 Å². The normalized spacial score (nSPS) is 11.5. The van der Waals surface area contributed by atoms with Crippen molar-refractivity contribution in [1.82, 2.24) is 9.97 Å². The molecule has 3 N–H and O–H groups in total. The molecule has 5 aromatic rings. The molecule has 0 unspecified atom stereocenters. The van der Waals surface area contributed by atoms with E-state index in [4.69, 9.17) is 14.4 Å². The Labute approximate surface area is 211 Å². The van der Waals surface area contributed by atoms with Crippen molar-refractivity contribution in [3.63, 3.8) is 0 Å². The van der Waals surface area contributed by atoms with Gasteiger partial charge in [-0.2, -0.15) is 0 Å². The van der Waals surface area contributed by atoms with E-state index in [0.29, 0.717) is 46.2 Å². The second-order valence-corrected chi connectivity index (χ2v) is 9.09. The van der Waals surface area contributed by atoms with E-state index < -0.39 is 10.8 Å². The van der Waals surface area contributed by atoms with E-state index in [1.807, 2.05) is 0 Å². The number of nitro benzene ring substituents is 1. The number of non-ortho nitro benzene ring substituents is 1. The number of amides is 1. The number of H-pyrrole nitrogens is 2. The summed E-state index contributed by atoms with van der Waals surface area (Å²) in [5, 5.41) is 14.4. The molecule has 10 heteroatoms. The fourth-order valence-corrected chi connectivity index (χ4v) is 4.69. The molecule has 1 amide bonds. The summed E-state index contributed by atoms with van der Waals surface area (Å²) in [6.45, 7) is 4.23. The number of hydrogen-bond donors (Lipinski definition) is 3. The van der Waals surface area contributed by atoms with Gasteiger partial charge in [-0.3, -0.25) is 14.9 Å². The highest BCUT2D eigenvalue weighted by molar-refractivity contribution is 6.02. The fourth-order valence-electron chi connectivity index (χ4n) is 4.69. The summed E-state index contributed by atoms with van der Waals surface area (Å²) >= 11 is 0. The molecule has 5 rings (SSSR count). The van der Waals surface area contributed by atoms with Gasteiger partial charge in [0.15, 0.2) is 22.3 Å². The Morgan fingerprint density at radius 2 is 1.46 bits per heavy atom. The van der Waals surface area contributed by atoms with Crippen molar-refractivity contribution >= 4 is 56.0 Å². The number of fused-ring (bicyclic) bond motifs is 4. The smallest absolute Gasteiger partial charge is 0.294 e. The third-order valence-corrected chi connectivity index (χ3v) is 6.62. The maximum atomic E-state index is 12.0. The number of benzene rings is 3. The maximum absolute atomic E-state index is 12.0. The van der Waals surface area contributed by atoms with E-state index in [2.05, 4.69) is 28.9 Å². The molecular formula is C27H27N5O5. The topological polar surface area (TPSA) is 154 Å². The zero-order valence-electron chi connectivity index (χ0n) is 20.6. The van der Waals surface area contributed by atoms with Crippen LogP contribution in [0.15, 0.2) is 50.3 Å². The molecule has 0 radical (unpaired) electrons. The molecule has 2 heterocycles. The zero-order chi connectivity index (χ0) is 26.1. The summed E-state index contributed by atoms with van der Waals surface area (Å²) in [6, 6.07) is 9.49. The highest BCUT2D eigenvalue weighted by Crippen LogP contribution is 2.37. The van der Waals surface area contributed by atoms with E-state index in [0.717, 1.165) is 47.8 Å². The lowest BCUT2D eigenvalue weighted by Crippen LogP contribution is -2.02. The minimum Gasteiger partial charge on any atom is -0.453 e. The van der Waals surface area contributed by atoms with E-state index in [-0.39, 0.29) is 11.3 Å². The van der Waals surface area contributed by atoms with Gasteiger partial charge in [-0.25, -0.2) is 5.53 Å². The molecule has 0 saturated carbocycles. The van der Waals surface area contributed by atoms with Gasteiger partial charge in [0.1, 0.15) is 0 Å². The molecule has 190 valence electrons. The average molecular weight is 502 g/mol. The number of aryl methyl sites for hydroxylation is 2. The minimum absolute atomic E-state index is 0.0385. The Morgan fingerprint density at radius 3 is 1.97 bits per heavy atom. The van der Waals surface area contributed by atoms with Crippen LogP contribution in [0.4, 0.5) is 5.69 Å². The minimum atomic E-state index is -0.641. The van der Waals surface area contributed by atoms with E-state index in [9.17, 15) is 14.9 Å². The predicted octanol–water partition coefficient (Wildman–Crippen LogP) is 8.03. The molecule has 0 aliphatic heterocycles. The molecule has 3 aromatic carbocycles. The molecule has 2 aromatic heterocycles. The Hall–Kier alpha value is -4.47. The number of nitrogens with one attached hydrogen (secondary N) is 3. The van der Waals surface area contributed by atoms with Crippen LogP contribution in [0.3, 0.4) is 0 Å². The molecule has 0 fully saturated rings. The number of carbonyl (C=O) groups excluding carboxylic acids is 1. The number of nitro groups is 1. The summed E-state index contributed by atoms with van der Waals surface area (Å²) in [4.78, 5) is 29.9. The van der Waals surface area contributed by atoms with Crippen LogP contribution in [-0.2, 0) is 12.8 Å². The number of rotatable bonds is 8. The van der Waals surface area contributed by atoms with Crippen molar-refractivity contribution < 1.29 is 18.6 Å². The van der Waals surface area contributed by atoms with Crippen LogP contribution in [0.25, 0.3) is 44.4 Å². The lowest BCUT2D eigenvalue weighted by molar-refractivity contribution is -0.384. The third kappa shape index (κ3) is 4.35. The Balaban J connectivity index is 1.91. The molecule has 0 bridgehead atoms. The second kappa shape index (κ2) is 9.88. The maximum Gasteiger partial charge on any atom is 0.294 e. The molecule has 37 heavy (non-hydrogen) atoms. The highest BCUT2D eigenvalue weighted by Gasteiger charge is 2.21. The molecule has 0 saturated heterocycles. The van der Waals surface area contributed by atoms with Gasteiger partial charge in [-0.15, -0.1) is 5.11 Å². The quantitative estimate of drug-likeness (QED) is 0.0849. The van der Waals surface area contributed by atoms with Crippen molar-refractivity contribution in [2.75, 3.05) is 0 Å². The summed E-state index contributed by atoms with van der Waals surface area (Å²) in [7, 11) is 0. The first-order valence-electron chi connectivity index (χ1n) is 12.4. The standard InChI is InChI=1S/C27H27N5O5/c1-3-5-7-17-24-26(37-22-14-16(32(34)35)10-12-20(22)30-24)18(8-6-4-2)23-25(17)36-21-13-15(27(33)31-28)9-11-19(21)29-23/h9-14,28-30H,3-8H2,1-2H3. The molecular weight excluding hydrogens is 474 g/mol. The number of aromatic amines is 2. The summed E-state index contributed by atoms with van der Waals surface area (Å²) in [6.07, 6.45) is 5.18. The Kier molecular flexibility index (Phi) is 6.47. The number of carbonyl (C=O) groups is 1. The van der Waals surface area contributed by atoms with Gasteiger partial charge < -0.3 is 18.8 Å². The van der Waals surface area contributed by atoms with E-state index in [1.165, 1.54) is 12.1 Å². The number of hydrogen-bond acceptors (Lipinski definition) is 6. The van der Waals surface area contributed by atoms with Crippen LogP contribution in [0.5, 0.6) is 0 Å². The van der Waals surface area contributed by atoms with Gasteiger partial charge in [-0.1, -0.05) is 26.7 Å². The molecule has 0 atom stereocenters. The van der Waals surface area contributed by atoms with E-state index >= 15 is 0 Å². The summed E-state index contributed by atoms with van der Waals surface area (Å²) in [5.41, 5.74) is 14.3. The largest absolute Gasteiger partial charge is 0.453 e. The van der Waals surface area contributed by atoms with Crippen molar-refractivity contribution in [2.24, 2.45) is 5.11 Å². The monoisotopic (exact) mass is 501 g/mol. The second-order valence-electron chi connectivity index (χ2n) is 9.09. The Morgan fingerprint density at radius 1 is 0.919 bits per heavy atom. The zero-order valence-corrected chi connectivity index (χ0v) is 20.6. The number of aromatic nitrogens is 2. The van der Waals surface area contributed by atoms with Gasteiger partial charge in [0.2, 0.25) is 0 Å². The number of nitrogens with zero attached hydrogens (tertiary/aromatic N) is 2. The third-order valence-electron chi connectivity index (χ3n) is 6.62. The molecule has 0 aliphatic rings. The van der Waals surface area contributed by atoms with Gasteiger partial charge in [-0.05, 0) is 49.9 Å². The molecule has 10 nitrogen and oxygen atoms in total. The summed E-state index contributed by atoms with van der Waals surface area (Å²) < 4.78 is 12.9. The highest BCUT2D eigenvalue weighted by atomic mass is 16.6. The lowest BCUT2D eigenvalue weighted by Gasteiger charge is -2.17. The van der Waals surface area contributed by atoms with Gasteiger partial charge >= 0.3 is 0 Å². The van der Waals surface area contributed by atoms with Gasteiger partial charge in [0, 0.05) is 22.8 Å². The summed E-state index contributed by atoms with van der Waals surface area (Å²) in [5.74, 6) is -0.641. The fraction of sp³-hybridized carbons (Fsp3) is 0.296. The first-order chi connectivity index (χ1) is 17.9. The van der Waals surface area contributed by atoms with Gasteiger partial charge in [0.25, 0.3) is 11.6 Å². The van der Waals surface area contributed by atoms with Crippen molar-refractivity contribution in [3.8, 4) is 0 Å². The van der Waals surface area contributed by atoms with Gasteiger partial charge in [0.05, 0.1) is 33.1 Å². The molecule has 0 aliphatic carbocycles. The van der Waals surface area contributed by atoms with Crippen molar-refractivity contribution in [2.45, 2.75) is 52.4 Å². The predicted molar refractivity (Wildman–Crippen MR) is 141 cm³/mol. The van der Waals surface area contributed by atoms with Crippen LogP contribution in [0, 0.1) is 15.6 Å². The van der Waals surface area contributed by atoms with E-state index in [1.54, 1.807) is 24.3 Å². The lowest BCUT2D eigenvalue weighted by atomic mass is 9.98. The Bertz CT molecular complexity index is 1730. The average Bonchev–Trinajstić information content (AvgIpc) is 2.91. The first kappa shape index (κ1) is 24.2. The van der Waals surface area contributed by atoms with Crippen LogP contribution in [0.2, 0.25) is 0 Å². The van der Waals surface area contributed by atoms with Crippen LogP contribution in [0.1, 0.15) is 61.0 Å². The van der Waals surface area contributed by atoms with Crippen LogP contribution in [-0.4, -0.2) is 20.8 Å². The SMILES string of the molecule is CCCCc1c2[nH]c3ccc([N+](=O)[O-])cc3oc2c(CCCC)c2[nH]c3ccc(C(=O)N=N)cc3oc12. The number of unbranched alkanes of at least 4 members (excludes halogenated alkanes) is 2. The molecule has 0 spiro atoms.